The van der Waals surface area contributed by atoms with Crippen LogP contribution in [0.2, 0.25) is 3.67 Å². The summed E-state index contributed by atoms with van der Waals surface area (Å²) in [5.41, 5.74) is 0. The van der Waals surface area contributed by atoms with Gasteiger partial charge >= 0.3 is 77.0 Å². The van der Waals surface area contributed by atoms with E-state index in [4.69, 9.17) is 13.0 Å². The van der Waals surface area contributed by atoms with Crippen LogP contribution in [-0.4, -0.2) is 40.9 Å². The summed E-state index contributed by atoms with van der Waals surface area (Å²) in [6.07, 6.45) is 5.71. The molecule has 0 bridgehead atoms. The Bertz CT molecular complexity index is 147. The van der Waals surface area contributed by atoms with Crippen molar-refractivity contribution in [2.45, 2.75) is 43.2 Å². The molecule has 0 saturated carbocycles. The summed E-state index contributed by atoms with van der Waals surface area (Å²) in [6.45, 7) is 4.60. The first-order valence-electron chi connectivity index (χ1n) is 4.91. The standard InChI is InChI=1S/C8H17.Na.H2O3S/c1-4-6-7-8(3)5-2;;1-4(2)3/h8H,3-7H2,1-2H3;;4H,(H,1,2,3). The van der Waals surface area contributed by atoms with Crippen LogP contribution < -0.4 is 0 Å². The molecule has 0 aromatic heterocycles. The zero-order chi connectivity index (χ0) is 10.7. The molecule has 0 aliphatic carbocycles. The van der Waals surface area contributed by atoms with Crippen LogP contribution in [0.15, 0.2) is 0 Å². The first-order chi connectivity index (χ1) is 6.08. The summed E-state index contributed by atoms with van der Waals surface area (Å²) in [6, 6.07) is 0. The summed E-state index contributed by atoms with van der Waals surface area (Å²) >= 11 is 1.40. The predicted octanol–water partition coefficient (Wildman–Crippen LogP) is 1.86. The SMILES string of the molecule is CCCCC(CC)[CH2][Na].O=[SH](=O)O. The fourth-order valence-corrected chi connectivity index (χ4v) is 2.18. The molecule has 13 heavy (non-hydrogen) atoms. The van der Waals surface area contributed by atoms with E-state index in [1.165, 1.54) is 57.3 Å². The molecule has 0 aromatic rings. The van der Waals surface area contributed by atoms with Crippen molar-refractivity contribution in [2.24, 2.45) is 5.92 Å². The Hall–Kier alpha value is 0.910. The van der Waals surface area contributed by atoms with E-state index in [2.05, 4.69) is 13.8 Å². The molecule has 1 unspecified atom stereocenters. The first-order valence-corrected chi connectivity index (χ1v) is 7.46. The maximum Gasteiger partial charge on any atom is 0.254 e. The molecule has 0 radical (unpaired) electrons. The van der Waals surface area contributed by atoms with Crippen LogP contribution in [0.1, 0.15) is 39.5 Å². The minimum atomic E-state index is -3.12. The van der Waals surface area contributed by atoms with E-state index in [1.807, 2.05) is 0 Å². The molecule has 0 amide bonds. The van der Waals surface area contributed by atoms with Gasteiger partial charge in [0.1, 0.15) is 0 Å². The van der Waals surface area contributed by atoms with Gasteiger partial charge in [-0.1, -0.05) is 0 Å². The summed E-state index contributed by atoms with van der Waals surface area (Å²) in [5, 5.41) is 0. The molecule has 76 valence electrons. The Labute approximate surface area is 100 Å². The number of hydrogen-bond donors (Lipinski definition) is 2. The molecule has 1 atom stereocenters. The Morgan fingerprint density at radius 2 is 1.85 bits per heavy atom. The monoisotopic (exact) mass is 218 g/mol. The van der Waals surface area contributed by atoms with Gasteiger partial charge in [-0.3, -0.25) is 4.55 Å². The van der Waals surface area contributed by atoms with Gasteiger partial charge < -0.3 is 0 Å². The average molecular weight is 218 g/mol. The van der Waals surface area contributed by atoms with Gasteiger partial charge in [-0.05, 0) is 0 Å². The molecule has 0 rings (SSSR count). The molecule has 0 heterocycles. The summed E-state index contributed by atoms with van der Waals surface area (Å²) in [4.78, 5) is 0. The molecular formula is C8H19NaO3S. The van der Waals surface area contributed by atoms with E-state index < -0.39 is 11.0 Å². The largest absolute Gasteiger partial charge is 0.288 e. The zero-order valence-corrected chi connectivity index (χ0v) is 11.7. The quantitative estimate of drug-likeness (QED) is 0.421. The smallest absolute Gasteiger partial charge is 0.254 e. The van der Waals surface area contributed by atoms with Crippen LogP contribution in [0.3, 0.4) is 0 Å². The fourth-order valence-electron chi connectivity index (χ4n) is 1.19. The van der Waals surface area contributed by atoms with E-state index in [1.54, 1.807) is 0 Å². The molecule has 0 spiro atoms. The maximum absolute atomic E-state index is 8.59. The van der Waals surface area contributed by atoms with Gasteiger partial charge in [0.05, 0.1) is 0 Å². The second-order valence-electron chi connectivity index (χ2n) is 3.06. The van der Waals surface area contributed by atoms with Gasteiger partial charge in [-0.2, -0.15) is 0 Å². The molecule has 0 saturated heterocycles. The summed E-state index contributed by atoms with van der Waals surface area (Å²) in [7, 11) is -3.12. The molecule has 0 aliphatic heterocycles. The number of unbranched alkanes of at least 4 members (excludes halogenated alkanes) is 1. The Kier molecular flexibility index (Phi) is 16.2. The normalized spacial score (nSPS) is 12.2. The van der Waals surface area contributed by atoms with Gasteiger partial charge in [-0.15, -0.1) is 0 Å². The molecule has 0 aromatic carbocycles. The third-order valence-corrected chi connectivity index (χ3v) is 3.28. The van der Waals surface area contributed by atoms with Crippen molar-refractivity contribution in [3.8, 4) is 0 Å². The molecular weight excluding hydrogens is 199 g/mol. The van der Waals surface area contributed by atoms with Crippen LogP contribution in [-0.2, 0) is 11.0 Å². The molecule has 0 aliphatic rings. The van der Waals surface area contributed by atoms with Gasteiger partial charge in [0.2, 0.25) is 0 Å². The van der Waals surface area contributed by atoms with Gasteiger partial charge in [0.15, 0.2) is 0 Å². The number of rotatable bonds is 5. The second-order valence-corrected chi connectivity index (χ2v) is 4.35. The zero-order valence-electron chi connectivity index (χ0n) is 8.82. The molecule has 5 heteroatoms. The molecule has 3 nitrogen and oxygen atoms in total. The van der Waals surface area contributed by atoms with Crippen molar-refractivity contribution >= 4 is 38.9 Å². The average Bonchev–Trinajstić information content (AvgIpc) is 2.06. The maximum atomic E-state index is 8.59. The van der Waals surface area contributed by atoms with Crippen LogP contribution in [0.25, 0.3) is 0 Å². The van der Waals surface area contributed by atoms with Gasteiger partial charge in [0, 0.05) is 0 Å². The number of thiol groups is 1. The van der Waals surface area contributed by atoms with E-state index in [0.717, 1.165) is 5.92 Å². The van der Waals surface area contributed by atoms with Crippen molar-refractivity contribution in [1.29, 1.82) is 0 Å². The van der Waals surface area contributed by atoms with E-state index in [0.29, 0.717) is 0 Å². The third kappa shape index (κ3) is 19.4. The predicted molar refractivity (Wildman–Crippen MR) is 56.8 cm³/mol. The molecule has 0 fully saturated rings. The van der Waals surface area contributed by atoms with Gasteiger partial charge in [0.25, 0.3) is 11.0 Å². The van der Waals surface area contributed by atoms with Crippen LogP contribution in [0.5, 0.6) is 0 Å². The third-order valence-electron chi connectivity index (χ3n) is 2.12. The van der Waals surface area contributed by atoms with Crippen LogP contribution in [0, 0.1) is 5.92 Å². The minimum absolute atomic E-state index is 1.07. The van der Waals surface area contributed by atoms with Crippen molar-refractivity contribution in [3.63, 3.8) is 0 Å². The fraction of sp³-hybridized carbons (Fsp3) is 1.00. The Morgan fingerprint density at radius 1 is 1.38 bits per heavy atom. The summed E-state index contributed by atoms with van der Waals surface area (Å²) in [5.74, 6) is 1.07. The first kappa shape index (κ1) is 16.3. The summed E-state index contributed by atoms with van der Waals surface area (Å²) < 4.78 is 25.7. The Morgan fingerprint density at radius 3 is 2.08 bits per heavy atom. The van der Waals surface area contributed by atoms with Crippen molar-refractivity contribution in [3.05, 3.63) is 0 Å². The van der Waals surface area contributed by atoms with Crippen LogP contribution in [0.4, 0.5) is 0 Å². The Balaban J connectivity index is 0. The molecule has 1 N–H and O–H groups in total. The number of hydrogen-bond acceptors (Lipinski definition) is 2. The van der Waals surface area contributed by atoms with Crippen molar-refractivity contribution in [1.82, 2.24) is 0 Å². The van der Waals surface area contributed by atoms with E-state index in [-0.39, 0.29) is 0 Å². The van der Waals surface area contributed by atoms with Crippen molar-refractivity contribution in [2.75, 3.05) is 0 Å². The minimum Gasteiger partial charge on any atom is -0.288 e. The second kappa shape index (κ2) is 12.9. The van der Waals surface area contributed by atoms with E-state index in [9.17, 15) is 0 Å². The van der Waals surface area contributed by atoms with E-state index >= 15 is 0 Å². The van der Waals surface area contributed by atoms with Gasteiger partial charge in [-0.25, -0.2) is 8.42 Å². The van der Waals surface area contributed by atoms with Crippen molar-refractivity contribution < 1.29 is 13.0 Å². The van der Waals surface area contributed by atoms with Crippen LogP contribution >= 0.6 is 0 Å². The topological polar surface area (TPSA) is 54.4 Å².